The van der Waals surface area contributed by atoms with Gasteiger partial charge < -0.3 is 5.32 Å². The summed E-state index contributed by atoms with van der Waals surface area (Å²) in [5.41, 5.74) is 4.04. The minimum Gasteiger partial charge on any atom is -0.316 e. The third-order valence-corrected chi connectivity index (χ3v) is 5.46. The number of fused-ring (bicyclic) bond motifs is 1. The van der Waals surface area contributed by atoms with Gasteiger partial charge >= 0.3 is 0 Å². The van der Waals surface area contributed by atoms with Gasteiger partial charge in [0.05, 0.1) is 5.69 Å². The maximum atomic E-state index is 4.86. The largest absolute Gasteiger partial charge is 0.316 e. The van der Waals surface area contributed by atoms with Crippen LogP contribution in [0.3, 0.4) is 0 Å². The molecule has 2 heterocycles. The lowest BCUT2D eigenvalue weighted by atomic mass is 10.0. The zero-order chi connectivity index (χ0) is 14.9. The molecule has 4 rings (SSSR count). The van der Waals surface area contributed by atoms with Crippen LogP contribution in [0.5, 0.6) is 0 Å². The molecule has 116 valence electrons. The Balaban J connectivity index is 1.55. The summed E-state index contributed by atoms with van der Waals surface area (Å²) in [6.07, 6.45) is 3.63. The number of nitrogens with one attached hydrogen (secondary N) is 1. The maximum Gasteiger partial charge on any atom is 0.0671 e. The summed E-state index contributed by atoms with van der Waals surface area (Å²) in [5, 5.41) is 8.40. The number of hydrogen-bond donors (Lipinski definition) is 1. The molecule has 1 N–H and O–H groups in total. The van der Waals surface area contributed by atoms with Crippen molar-refractivity contribution in [2.45, 2.75) is 38.6 Å². The standard InChI is InChI=1S/C19H25N3/c1-2-22-19(15-9-16-12-20-13-17(16)10-15)11-18(21-22)8-14-6-4-3-5-7-14/h3-7,11,15-17,20H,2,8-10,12-13H2,1H3. The zero-order valence-corrected chi connectivity index (χ0v) is 13.3. The predicted octanol–water partition coefficient (Wildman–Crippen LogP) is 3.21. The molecule has 22 heavy (non-hydrogen) atoms. The summed E-state index contributed by atoms with van der Waals surface area (Å²) in [6, 6.07) is 13.0. The SMILES string of the molecule is CCn1nc(Cc2ccccc2)cc1C1CC2CNCC2C1. The first-order valence-corrected chi connectivity index (χ1v) is 8.64. The maximum absolute atomic E-state index is 4.86. The summed E-state index contributed by atoms with van der Waals surface area (Å²) >= 11 is 0. The average Bonchev–Trinajstić information content (AvgIpc) is 3.21. The van der Waals surface area contributed by atoms with E-state index in [-0.39, 0.29) is 0 Å². The third kappa shape index (κ3) is 2.58. The minimum atomic E-state index is 0.717. The molecule has 0 amide bonds. The zero-order valence-electron chi connectivity index (χ0n) is 13.3. The van der Waals surface area contributed by atoms with E-state index in [1.54, 1.807) is 0 Å². The molecule has 1 saturated heterocycles. The Morgan fingerprint density at radius 2 is 1.86 bits per heavy atom. The average molecular weight is 295 g/mol. The van der Waals surface area contributed by atoms with E-state index in [1.165, 1.54) is 42.9 Å². The van der Waals surface area contributed by atoms with Crippen molar-refractivity contribution < 1.29 is 0 Å². The lowest BCUT2D eigenvalue weighted by Gasteiger charge is -2.12. The fourth-order valence-electron chi connectivity index (χ4n) is 4.37. The quantitative estimate of drug-likeness (QED) is 0.938. The van der Waals surface area contributed by atoms with Crippen molar-refractivity contribution in [3.05, 3.63) is 53.3 Å². The molecule has 2 fully saturated rings. The van der Waals surface area contributed by atoms with Crippen LogP contribution >= 0.6 is 0 Å². The summed E-state index contributed by atoms with van der Waals surface area (Å²) in [6.45, 7) is 5.63. The first kappa shape index (κ1) is 14.0. The number of hydrogen-bond acceptors (Lipinski definition) is 2. The van der Waals surface area contributed by atoms with Crippen LogP contribution in [0.2, 0.25) is 0 Å². The molecule has 2 atom stereocenters. The molecule has 1 saturated carbocycles. The van der Waals surface area contributed by atoms with Crippen LogP contribution in [0.15, 0.2) is 36.4 Å². The Hall–Kier alpha value is -1.61. The van der Waals surface area contributed by atoms with Crippen LogP contribution in [0, 0.1) is 11.8 Å². The molecule has 3 heteroatoms. The fourth-order valence-corrected chi connectivity index (χ4v) is 4.37. The van der Waals surface area contributed by atoms with Crippen LogP contribution in [-0.4, -0.2) is 22.9 Å². The van der Waals surface area contributed by atoms with Gasteiger partial charge in [-0.3, -0.25) is 4.68 Å². The smallest absolute Gasteiger partial charge is 0.0671 e. The van der Waals surface area contributed by atoms with Crippen LogP contribution in [0.1, 0.15) is 42.6 Å². The Morgan fingerprint density at radius 3 is 2.55 bits per heavy atom. The number of rotatable bonds is 4. The molecule has 1 aromatic heterocycles. The lowest BCUT2D eigenvalue weighted by molar-refractivity contribution is 0.494. The molecule has 1 aliphatic carbocycles. The van der Waals surface area contributed by atoms with Crippen molar-refractivity contribution in [2.75, 3.05) is 13.1 Å². The highest BCUT2D eigenvalue weighted by Crippen LogP contribution is 2.44. The Morgan fingerprint density at radius 1 is 1.14 bits per heavy atom. The van der Waals surface area contributed by atoms with E-state index in [2.05, 4.69) is 53.3 Å². The molecule has 2 unspecified atom stereocenters. The van der Waals surface area contributed by atoms with Crippen molar-refractivity contribution >= 4 is 0 Å². The third-order valence-electron chi connectivity index (χ3n) is 5.46. The molecular formula is C19H25N3. The van der Waals surface area contributed by atoms with Gasteiger partial charge in [0.25, 0.3) is 0 Å². The summed E-state index contributed by atoms with van der Waals surface area (Å²) in [5.74, 6) is 2.50. The molecule has 3 nitrogen and oxygen atoms in total. The molecule has 2 aliphatic rings. The van der Waals surface area contributed by atoms with Crippen molar-refractivity contribution in [3.8, 4) is 0 Å². The molecule has 0 radical (unpaired) electrons. The summed E-state index contributed by atoms with van der Waals surface area (Å²) in [7, 11) is 0. The first-order chi connectivity index (χ1) is 10.8. The van der Waals surface area contributed by atoms with Crippen LogP contribution in [0.4, 0.5) is 0 Å². The number of aromatic nitrogens is 2. The van der Waals surface area contributed by atoms with Gasteiger partial charge in [-0.15, -0.1) is 0 Å². The van der Waals surface area contributed by atoms with Crippen LogP contribution < -0.4 is 5.32 Å². The molecular weight excluding hydrogens is 270 g/mol. The van der Waals surface area contributed by atoms with Gasteiger partial charge in [0.15, 0.2) is 0 Å². The van der Waals surface area contributed by atoms with Gasteiger partial charge in [0.2, 0.25) is 0 Å². The Bertz CT molecular complexity index is 619. The van der Waals surface area contributed by atoms with Crippen molar-refractivity contribution in [2.24, 2.45) is 11.8 Å². The molecule has 0 bridgehead atoms. The van der Waals surface area contributed by atoms with Crippen molar-refractivity contribution in [1.82, 2.24) is 15.1 Å². The molecule has 1 aliphatic heterocycles. The normalized spacial score (nSPS) is 27.2. The highest BCUT2D eigenvalue weighted by atomic mass is 15.3. The van der Waals surface area contributed by atoms with Crippen molar-refractivity contribution in [1.29, 1.82) is 0 Å². The Kier molecular flexibility index (Phi) is 3.75. The van der Waals surface area contributed by atoms with Gasteiger partial charge in [-0.05, 0) is 56.3 Å². The summed E-state index contributed by atoms with van der Waals surface area (Å²) < 4.78 is 2.25. The number of nitrogens with zero attached hydrogens (tertiary/aromatic N) is 2. The second-order valence-corrected chi connectivity index (χ2v) is 6.89. The van der Waals surface area contributed by atoms with Crippen molar-refractivity contribution in [3.63, 3.8) is 0 Å². The molecule has 1 aromatic carbocycles. The van der Waals surface area contributed by atoms with Gasteiger partial charge in [-0.25, -0.2) is 0 Å². The molecule has 2 aromatic rings. The van der Waals surface area contributed by atoms with Gasteiger partial charge in [-0.1, -0.05) is 30.3 Å². The van der Waals surface area contributed by atoms with Crippen LogP contribution in [0.25, 0.3) is 0 Å². The van der Waals surface area contributed by atoms with E-state index in [4.69, 9.17) is 5.10 Å². The Labute approximate surface area is 132 Å². The van der Waals surface area contributed by atoms with E-state index in [0.29, 0.717) is 5.92 Å². The minimum absolute atomic E-state index is 0.717. The van der Waals surface area contributed by atoms with E-state index < -0.39 is 0 Å². The van der Waals surface area contributed by atoms with Gasteiger partial charge in [-0.2, -0.15) is 5.10 Å². The van der Waals surface area contributed by atoms with Gasteiger partial charge in [0, 0.05) is 24.6 Å². The number of benzene rings is 1. The van der Waals surface area contributed by atoms with Gasteiger partial charge in [0.1, 0.15) is 0 Å². The van der Waals surface area contributed by atoms with E-state index in [0.717, 1.165) is 24.8 Å². The molecule has 0 spiro atoms. The highest BCUT2D eigenvalue weighted by Gasteiger charge is 2.39. The van der Waals surface area contributed by atoms with Crippen LogP contribution in [-0.2, 0) is 13.0 Å². The second kappa shape index (κ2) is 5.88. The first-order valence-electron chi connectivity index (χ1n) is 8.64. The topological polar surface area (TPSA) is 29.9 Å². The van der Waals surface area contributed by atoms with E-state index in [9.17, 15) is 0 Å². The van der Waals surface area contributed by atoms with E-state index in [1.807, 2.05) is 0 Å². The summed E-state index contributed by atoms with van der Waals surface area (Å²) in [4.78, 5) is 0. The predicted molar refractivity (Wildman–Crippen MR) is 89.0 cm³/mol. The monoisotopic (exact) mass is 295 g/mol. The highest BCUT2D eigenvalue weighted by molar-refractivity contribution is 5.25. The number of aryl methyl sites for hydroxylation is 1. The second-order valence-electron chi connectivity index (χ2n) is 6.89. The fraction of sp³-hybridized carbons (Fsp3) is 0.526. The lowest BCUT2D eigenvalue weighted by Crippen LogP contribution is -2.13. The van der Waals surface area contributed by atoms with E-state index >= 15 is 0 Å².